The van der Waals surface area contributed by atoms with Crippen LogP contribution < -0.4 is 11.3 Å². The second kappa shape index (κ2) is 8.34. The number of rotatable bonds is 8. The third-order valence-corrected chi connectivity index (χ3v) is 4.11. The molecule has 2 nitrogen and oxygen atoms in total. The summed E-state index contributed by atoms with van der Waals surface area (Å²) >= 11 is 0. The van der Waals surface area contributed by atoms with Crippen molar-refractivity contribution in [3.63, 3.8) is 0 Å². The van der Waals surface area contributed by atoms with Gasteiger partial charge in [0, 0.05) is 6.04 Å². The van der Waals surface area contributed by atoms with Crippen molar-refractivity contribution >= 4 is 0 Å². The van der Waals surface area contributed by atoms with Gasteiger partial charge in [-0.2, -0.15) is 0 Å². The van der Waals surface area contributed by atoms with Crippen molar-refractivity contribution in [1.29, 1.82) is 0 Å². The standard InChI is InChI=1S/C17H30N2/c1-5-7-8-15(6-2)12-17(19-18)16-10-9-13(3)11-14(16)4/h9-11,15,17,19H,5-8,12,18H2,1-4H3. The molecule has 1 rings (SSSR count). The molecule has 2 heteroatoms. The van der Waals surface area contributed by atoms with Crippen LogP contribution in [0, 0.1) is 19.8 Å². The maximum atomic E-state index is 5.79. The Kier molecular flexibility index (Phi) is 7.11. The molecule has 1 aromatic carbocycles. The third kappa shape index (κ3) is 4.96. The van der Waals surface area contributed by atoms with Crippen molar-refractivity contribution < 1.29 is 0 Å². The van der Waals surface area contributed by atoms with E-state index in [4.69, 9.17) is 5.84 Å². The second-order valence-corrected chi connectivity index (χ2v) is 5.73. The molecule has 0 saturated heterocycles. The van der Waals surface area contributed by atoms with Gasteiger partial charge in [-0.1, -0.05) is 63.3 Å². The van der Waals surface area contributed by atoms with Crippen molar-refractivity contribution in [2.24, 2.45) is 11.8 Å². The van der Waals surface area contributed by atoms with E-state index in [-0.39, 0.29) is 6.04 Å². The number of nitrogens with two attached hydrogens (primary N) is 1. The molecular formula is C17H30N2. The molecule has 0 fully saturated rings. The van der Waals surface area contributed by atoms with Crippen LogP contribution in [0.15, 0.2) is 18.2 Å². The largest absolute Gasteiger partial charge is 0.271 e. The van der Waals surface area contributed by atoms with Crippen molar-refractivity contribution in [1.82, 2.24) is 5.43 Å². The summed E-state index contributed by atoms with van der Waals surface area (Å²) in [6.45, 7) is 8.86. The van der Waals surface area contributed by atoms with E-state index in [0.717, 1.165) is 12.3 Å². The summed E-state index contributed by atoms with van der Waals surface area (Å²) in [7, 11) is 0. The number of benzene rings is 1. The summed E-state index contributed by atoms with van der Waals surface area (Å²) in [4.78, 5) is 0. The third-order valence-electron chi connectivity index (χ3n) is 4.11. The fraction of sp³-hybridized carbons (Fsp3) is 0.647. The minimum absolute atomic E-state index is 0.280. The Morgan fingerprint density at radius 1 is 1.21 bits per heavy atom. The zero-order chi connectivity index (χ0) is 14.3. The lowest BCUT2D eigenvalue weighted by Crippen LogP contribution is -2.30. The summed E-state index contributed by atoms with van der Waals surface area (Å²) in [5.74, 6) is 6.56. The second-order valence-electron chi connectivity index (χ2n) is 5.73. The summed E-state index contributed by atoms with van der Waals surface area (Å²) in [6, 6.07) is 6.93. The molecule has 0 aromatic heterocycles. The van der Waals surface area contributed by atoms with Crippen LogP contribution in [0.4, 0.5) is 0 Å². The van der Waals surface area contributed by atoms with E-state index in [2.05, 4.69) is 51.3 Å². The fourth-order valence-electron chi connectivity index (χ4n) is 2.82. The Balaban J connectivity index is 2.76. The average molecular weight is 262 g/mol. The maximum Gasteiger partial charge on any atom is 0.0465 e. The monoisotopic (exact) mass is 262 g/mol. The molecule has 19 heavy (non-hydrogen) atoms. The van der Waals surface area contributed by atoms with Gasteiger partial charge in [0.15, 0.2) is 0 Å². The number of hydrogen-bond donors (Lipinski definition) is 2. The molecule has 108 valence electrons. The summed E-state index contributed by atoms with van der Waals surface area (Å²) in [5, 5.41) is 0. The molecule has 0 saturated carbocycles. The molecular weight excluding hydrogens is 232 g/mol. The number of hydrazine groups is 1. The highest BCUT2D eigenvalue weighted by Crippen LogP contribution is 2.28. The minimum Gasteiger partial charge on any atom is -0.271 e. The van der Waals surface area contributed by atoms with Crippen LogP contribution in [-0.2, 0) is 0 Å². The van der Waals surface area contributed by atoms with Crippen LogP contribution in [0.2, 0.25) is 0 Å². The van der Waals surface area contributed by atoms with Gasteiger partial charge in [-0.3, -0.25) is 11.3 Å². The van der Waals surface area contributed by atoms with Gasteiger partial charge in [-0.25, -0.2) is 0 Å². The number of nitrogens with one attached hydrogen (secondary N) is 1. The van der Waals surface area contributed by atoms with E-state index in [1.807, 2.05) is 0 Å². The predicted octanol–water partition coefficient (Wildman–Crippen LogP) is 4.41. The van der Waals surface area contributed by atoms with Gasteiger partial charge in [0.25, 0.3) is 0 Å². The lowest BCUT2D eigenvalue weighted by atomic mass is 9.88. The predicted molar refractivity (Wildman–Crippen MR) is 83.9 cm³/mol. The topological polar surface area (TPSA) is 38.0 Å². The average Bonchev–Trinajstić information content (AvgIpc) is 2.40. The first-order chi connectivity index (χ1) is 9.12. The van der Waals surface area contributed by atoms with Gasteiger partial charge in [0.05, 0.1) is 0 Å². The van der Waals surface area contributed by atoms with Crippen LogP contribution >= 0.6 is 0 Å². The van der Waals surface area contributed by atoms with Gasteiger partial charge < -0.3 is 0 Å². The lowest BCUT2D eigenvalue weighted by Gasteiger charge is -2.24. The minimum atomic E-state index is 0.280. The number of hydrogen-bond acceptors (Lipinski definition) is 2. The molecule has 1 aromatic rings. The first-order valence-electron chi connectivity index (χ1n) is 7.65. The Bertz CT molecular complexity index is 374. The molecule has 2 unspecified atom stereocenters. The zero-order valence-electron chi connectivity index (χ0n) is 13.0. The highest BCUT2D eigenvalue weighted by Gasteiger charge is 2.17. The zero-order valence-corrected chi connectivity index (χ0v) is 13.0. The summed E-state index contributed by atoms with van der Waals surface area (Å²) in [5.41, 5.74) is 7.03. The first kappa shape index (κ1) is 16.2. The Morgan fingerprint density at radius 3 is 2.47 bits per heavy atom. The molecule has 0 amide bonds. The quantitative estimate of drug-likeness (QED) is 0.538. The van der Waals surface area contributed by atoms with E-state index in [1.54, 1.807) is 0 Å². The van der Waals surface area contributed by atoms with E-state index >= 15 is 0 Å². The summed E-state index contributed by atoms with van der Waals surface area (Å²) in [6.07, 6.45) is 6.29. The Morgan fingerprint density at radius 2 is 1.95 bits per heavy atom. The molecule has 2 atom stereocenters. The molecule has 0 bridgehead atoms. The van der Waals surface area contributed by atoms with Crippen LogP contribution in [-0.4, -0.2) is 0 Å². The van der Waals surface area contributed by atoms with Crippen LogP contribution in [0.3, 0.4) is 0 Å². The lowest BCUT2D eigenvalue weighted by molar-refractivity contribution is 0.355. The van der Waals surface area contributed by atoms with E-state index in [1.165, 1.54) is 42.4 Å². The van der Waals surface area contributed by atoms with E-state index < -0.39 is 0 Å². The van der Waals surface area contributed by atoms with Gasteiger partial charge in [-0.05, 0) is 37.3 Å². The molecule has 0 radical (unpaired) electrons. The van der Waals surface area contributed by atoms with Crippen LogP contribution in [0.25, 0.3) is 0 Å². The first-order valence-corrected chi connectivity index (χ1v) is 7.65. The Hall–Kier alpha value is -0.860. The normalized spacial score (nSPS) is 14.4. The highest BCUT2D eigenvalue weighted by atomic mass is 15.2. The van der Waals surface area contributed by atoms with Gasteiger partial charge in [-0.15, -0.1) is 0 Å². The fourth-order valence-corrected chi connectivity index (χ4v) is 2.82. The summed E-state index contributed by atoms with van der Waals surface area (Å²) < 4.78 is 0. The smallest absolute Gasteiger partial charge is 0.0465 e. The van der Waals surface area contributed by atoms with E-state index in [9.17, 15) is 0 Å². The van der Waals surface area contributed by atoms with Crippen molar-refractivity contribution in [3.8, 4) is 0 Å². The van der Waals surface area contributed by atoms with Crippen molar-refractivity contribution in [3.05, 3.63) is 34.9 Å². The van der Waals surface area contributed by atoms with Crippen molar-refractivity contribution in [2.75, 3.05) is 0 Å². The van der Waals surface area contributed by atoms with Crippen LogP contribution in [0.5, 0.6) is 0 Å². The number of aryl methyl sites for hydroxylation is 2. The van der Waals surface area contributed by atoms with Crippen LogP contribution in [0.1, 0.15) is 68.7 Å². The van der Waals surface area contributed by atoms with Gasteiger partial charge >= 0.3 is 0 Å². The Labute approximate surface area is 118 Å². The number of unbranched alkanes of at least 4 members (excludes halogenated alkanes) is 1. The molecule has 0 heterocycles. The molecule has 0 aliphatic heterocycles. The maximum absolute atomic E-state index is 5.79. The molecule has 3 N–H and O–H groups in total. The molecule has 0 aliphatic carbocycles. The molecule has 0 spiro atoms. The SMILES string of the molecule is CCCCC(CC)CC(NN)c1ccc(C)cc1C. The van der Waals surface area contributed by atoms with E-state index in [0.29, 0.717) is 0 Å². The molecule has 0 aliphatic rings. The van der Waals surface area contributed by atoms with Gasteiger partial charge in [0.1, 0.15) is 0 Å². The van der Waals surface area contributed by atoms with Crippen molar-refractivity contribution in [2.45, 2.75) is 65.8 Å². The highest BCUT2D eigenvalue weighted by molar-refractivity contribution is 5.32. The van der Waals surface area contributed by atoms with Gasteiger partial charge in [0.2, 0.25) is 0 Å².